The minimum absolute atomic E-state index is 0.0130. The number of hydrogen-bond donors (Lipinski definition) is 3. The molecule has 1 saturated heterocycles. The van der Waals surface area contributed by atoms with Crippen LogP contribution in [0.5, 0.6) is 0 Å². The number of nitrogens with one attached hydrogen (secondary N) is 2. The first-order chi connectivity index (χ1) is 19.2. The average Bonchev–Trinajstić information content (AvgIpc) is 3.48. The summed E-state index contributed by atoms with van der Waals surface area (Å²) in [6.45, 7) is 1.15. The molecule has 0 amide bonds. The van der Waals surface area contributed by atoms with E-state index in [-0.39, 0.29) is 24.0 Å². The van der Waals surface area contributed by atoms with Crippen molar-refractivity contribution in [2.75, 3.05) is 44.8 Å². The predicted molar refractivity (Wildman–Crippen MR) is 145 cm³/mol. The van der Waals surface area contributed by atoms with Crippen molar-refractivity contribution in [1.29, 1.82) is 0 Å². The molecule has 40 heavy (non-hydrogen) atoms. The molecule has 0 unspecified atom stereocenters. The molecule has 1 fully saturated rings. The fraction of sp³-hybridized carbons (Fsp3) is 0.533. The molecule has 0 spiro atoms. The first kappa shape index (κ1) is 27.5. The molecule has 3 aliphatic rings. The summed E-state index contributed by atoms with van der Waals surface area (Å²) in [7, 11) is 0. The van der Waals surface area contributed by atoms with E-state index in [1.54, 1.807) is 6.92 Å². The summed E-state index contributed by atoms with van der Waals surface area (Å²) in [5.41, 5.74) is 4.76. The van der Waals surface area contributed by atoms with E-state index in [1.807, 2.05) is 0 Å². The highest BCUT2D eigenvalue weighted by Gasteiger charge is 2.43. The molecule has 6 rings (SSSR count). The van der Waals surface area contributed by atoms with Crippen LogP contribution in [0.3, 0.4) is 0 Å². The lowest BCUT2D eigenvalue weighted by Gasteiger charge is -2.42. The number of hydrogen-bond acceptors (Lipinski definition) is 4. The summed E-state index contributed by atoms with van der Waals surface area (Å²) in [6, 6.07) is 5.09. The number of rotatable bonds is 9. The van der Waals surface area contributed by atoms with Crippen molar-refractivity contribution in [2.45, 2.75) is 63.1 Å². The number of aliphatic hydroxyl groups is 1. The van der Waals surface area contributed by atoms with E-state index in [0.29, 0.717) is 38.2 Å². The summed E-state index contributed by atoms with van der Waals surface area (Å²) in [4.78, 5) is 6.83. The SMILES string of the molecule is C[C@@H]1Cc2c([nH]c3cc4c(cc23)CCC4)[C@@H](c2c(F)cc(NC3CN(CCCF)C3)cc2F)N1CC(F)(F)CO. The van der Waals surface area contributed by atoms with Gasteiger partial charge in [0.15, 0.2) is 0 Å². The molecule has 0 bridgehead atoms. The average molecular weight is 563 g/mol. The Morgan fingerprint density at radius 3 is 2.45 bits per heavy atom. The van der Waals surface area contributed by atoms with E-state index in [9.17, 15) is 18.3 Å². The highest BCUT2D eigenvalue weighted by molar-refractivity contribution is 5.87. The van der Waals surface area contributed by atoms with Crippen LogP contribution in [0.1, 0.15) is 53.8 Å². The summed E-state index contributed by atoms with van der Waals surface area (Å²) in [5.74, 6) is -5.08. The summed E-state index contributed by atoms with van der Waals surface area (Å²) >= 11 is 0. The van der Waals surface area contributed by atoms with Gasteiger partial charge < -0.3 is 15.4 Å². The van der Waals surface area contributed by atoms with Gasteiger partial charge in [-0.25, -0.2) is 17.6 Å². The number of benzene rings is 2. The van der Waals surface area contributed by atoms with Crippen LogP contribution in [0.25, 0.3) is 10.9 Å². The number of aryl methyl sites for hydroxylation is 2. The third-order valence-electron chi connectivity index (χ3n) is 8.76. The number of halogens is 5. The molecule has 1 aliphatic carbocycles. The van der Waals surface area contributed by atoms with Crippen LogP contribution in [-0.2, 0) is 19.3 Å². The largest absolute Gasteiger partial charge is 0.390 e. The van der Waals surface area contributed by atoms with Gasteiger partial charge in [-0.05, 0) is 80.0 Å². The smallest absolute Gasteiger partial charge is 0.283 e. The molecule has 0 radical (unpaired) electrons. The molecular weight excluding hydrogens is 527 g/mol. The van der Waals surface area contributed by atoms with Gasteiger partial charge >= 0.3 is 0 Å². The van der Waals surface area contributed by atoms with Crippen molar-refractivity contribution in [3.63, 3.8) is 0 Å². The van der Waals surface area contributed by atoms with Crippen molar-refractivity contribution in [1.82, 2.24) is 14.8 Å². The molecule has 1 aromatic heterocycles. The number of anilines is 1. The lowest BCUT2D eigenvalue weighted by atomic mass is 9.87. The predicted octanol–water partition coefficient (Wildman–Crippen LogP) is 5.35. The second kappa shape index (κ2) is 10.6. The molecule has 3 N–H and O–H groups in total. The number of fused-ring (bicyclic) bond motifs is 4. The minimum Gasteiger partial charge on any atom is -0.390 e. The fourth-order valence-corrected chi connectivity index (χ4v) is 6.80. The molecule has 3 heterocycles. The Morgan fingerprint density at radius 1 is 1.07 bits per heavy atom. The number of aromatic nitrogens is 1. The highest BCUT2D eigenvalue weighted by Crippen LogP contribution is 2.44. The molecule has 10 heteroatoms. The lowest BCUT2D eigenvalue weighted by Crippen LogP contribution is -2.54. The Balaban J connectivity index is 1.38. The van der Waals surface area contributed by atoms with Gasteiger partial charge in [-0.2, -0.15) is 0 Å². The van der Waals surface area contributed by atoms with Crippen molar-refractivity contribution < 1.29 is 27.1 Å². The van der Waals surface area contributed by atoms with Crippen LogP contribution >= 0.6 is 0 Å². The second-order valence-corrected chi connectivity index (χ2v) is 11.7. The van der Waals surface area contributed by atoms with Gasteiger partial charge in [0.05, 0.1) is 25.3 Å². The number of aromatic amines is 1. The zero-order chi connectivity index (χ0) is 28.2. The Labute approximate surface area is 230 Å². The van der Waals surface area contributed by atoms with E-state index >= 15 is 8.78 Å². The Morgan fingerprint density at radius 2 is 1.77 bits per heavy atom. The van der Waals surface area contributed by atoms with Crippen LogP contribution in [0.2, 0.25) is 0 Å². The maximum atomic E-state index is 15.9. The number of likely N-dealkylation sites (tertiary alicyclic amines) is 1. The van der Waals surface area contributed by atoms with Crippen LogP contribution in [0.4, 0.5) is 27.6 Å². The van der Waals surface area contributed by atoms with Gasteiger partial charge in [0, 0.05) is 53.5 Å². The quantitative estimate of drug-likeness (QED) is 0.308. The topological polar surface area (TPSA) is 54.5 Å². The third-order valence-corrected chi connectivity index (χ3v) is 8.76. The third kappa shape index (κ3) is 4.99. The molecule has 2 aliphatic heterocycles. The Bertz CT molecular complexity index is 1380. The summed E-state index contributed by atoms with van der Waals surface area (Å²) < 4.78 is 73.3. The van der Waals surface area contributed by atoms with Gasteiger partial charge in [-0.3, -0.25) is 14.2 Å². The van der Waals surface area contributed by atoms with E-state index in [4.69, 9.17) is 0 Å². The molecule has 0 saturated carbocycles. The summed E-state index contributed by atoms with van der Waals surface area (Å²) in [5, 5.41) is 13.4. The van der Waals surface area contributed by atoms with Crippen LogP contribution < -0.4 is 5.32 Å². The molecular formula is C30H35F5N4O. The zero-order valence-electron chi connectivity index (χ0n) is 22.6. The lowest BCUT2D eigenvalue weighted by molar-refractivity contribution is -0.0869. The van der Waals surface area contributed by atoms with E-state index in [1.165, 1.54) is 28.2 Å². The Hall–Kier alpha value is -2.69. The Kier molecular flexibility index (Phi) is 7.29. The first-order valence-corrected chi connectivity index (χ1v) is 14.1. The van der Waals surface area contributed by atoms with Crippen molar-refractivity contribution in [3.05, 3.63) is 63.8 Å². The van der Waals surface area contributed by atoms with Crippen molar-refractivity contribution in [2.24, 2.45) is 0 Å². The summed E-state index contributed by atoms with van der Waals surface area (Å²) in [6.07, 6.45) is 3.92. The van der Waals surface area contributed by atoms with Crippen LogP contribution in [-0.4, -0.2) is 77.4 Å². The molecule has 216 valence electrons. The number of H-pyrrole nitrogens is 1. The molecule has 2 aromatic carbocycles. The number of nitrogens with zero attached hydrogens (tertiary/aromatic N) is 2. The van der Waals surface area contributed by atoms with Gasteiger partial charge in [0.1, 0.15) is 18.2 Å². The fourth-order valence-electron chi connectivity index (χ4n) is 6.80. The normalized spacial score (nSPS) is 22.0. The van der Waals surface area contributed by atoms with Crippen LogP contribution in [0.15, 0.2) is 24.3 Å². The van der Waals surface area contributed by atoms with Gasteiger partial charge in [-0.15, -0.1) is 0 Å². The van der Waals surface area contributed by atoms with Gasteiger partial charge in [-0.1, -0.05) is 0 Å². The second-order valence-electron chi connectivity index (χ2n) is 11.7. The molecule has 3 aromatic rings. The zero-order valence-corrected chi connectivity index (χ0v) is 22.6. The molecule has 5 nitrogen and oxygen atoms in total. The van der Waals surface area contributed by atoms with Gasteiger partial charge in [0.2, 0.25) is 0 Å². The molecule has 2 atom stereocenters. The van der Waals surface area contributed by atoms with Crippen molar-refractivity contribution >= 4 is 16.6 Å². The monoisotopic (exact) mass is 562 g/mol. The van der Waals surface area contributed by atoms with E-state index in [0.717, 1.165) is 35.7 Å². The van der Waals surface area contributed by atoms with Crippen molar-refractivity contribution in [3.8, 4) is 0 Å². The first-order valence-electron chi connectivity index (χ1n) is 14.1. The maximum Gasteiger partial charge on any atom is 0.283 e. The van der Waals surface area contributed by atoms with Crippen LogP contribution in [0, 0.1) is 11.6 Å². The van der Waals surface area contributed by atoms with E-state index < -0.39 is 42.8 Å². The minimum atomic E-state index is -3.44. The highest BCUT2D eigenvalue weighted by atomic mass is 19.3. The number of alkyl halides is 3. The number of aliphatic hydroxyl groups excluding tert-OH is 1. The standard InChI is InChI=1S/C30H35F5N4O/c1-17-8-23-22-9-18-4-2-5-19(18)10-26(22)37-28(23)29(39(17)15-30(34,35)16-40)27-24(32)11-20(12-25(27)33)36-21-13-38(14-21)7-3-6-31/h9-12,17,21,29,36-37,40H,2-8,13-16H2,1H3/t17-,29-/m1/s1. The van der Waals surface area contributed by atoms with E-state index in [2.05, 4.69) is 27.3 Å². The van der Waals surface area contributed by atoms with Gasteiger partial charge in [0.25, 0.3) is 5.92 Å². The maximum absolute atomic E-state index is 15.9.